The molecule has 7 nitrogen and oxygen atoms in total. The third kappa shape index (κ3) is 5.43. The highest BCUT2D eigenvalue weighted by Crippen LogP contribution is 2.19. The Kier molecular flexibility index (Phi) is 6.28. The first-order valence-corrected chi connectivity index (χ1v) is 7.99. The van der Waals surface area contributed by atoms with Crippen molar-refractivity contribution in [3.8, 4) is 0 Å². The second-order valence-electron chi connectivity index (χ2n) is 4.75. The van der Waals surface area contributed by atoms with Crippen molar-refractivity contribution >= 4 is 21.6 Å². The van der Waals surface area contributed by atoms with Crippen LogP contribution in [0.3, 0.4) is 0 Å². The van der Waals surface area contributed by atoms with Crippen molar-refractivity contribution in [3.05, 3.63) is 23.8 Å². The Hall–Kier alpha value is -1.48. The van der Waals surface area contributed by atoms with E-state index in [-0.39, 0.29) is 10.8 Å². The van der Waals surface area contributed by atoms with E-state index in [4.69, 9.17) is 15.6 Å². The van der Waals surface area contributed by atoms with E-state index in [1.165, 1.54) is 12.1 Å². The predicted molar refractivity (Wildman–Crippen MR) is 80.3 cm³/mol. The Morgan fingerprint density at radius 2 is 2.10 bits per heavy atom. The zero-order chi connectivity index (χ0) is 16.0. The minimum absolute atomic E-state index is 0.0589. The highest BCUT2D eigenvalue weighted by atomic mass is 32.2. The molecule has 0 spiro atoms. The second-order valence-corrected chi connectivity index (χ2v) is 6.31. The first-order valence-electron chi connectivity index (χ1n) is 6.44. The fourth-order valence-corrected chi connectivity index (χ4v) is 2.26. The maximum atomic E-state index is 12.0. The summed E-state index contributed by atoms with van der Waals surface area (Å²) in [4.78, 5) is 11.9. The third-order valence-electron chi connectivity index (χ3n) is 3.00. The van der Waals surface area contributed by atoms with Crippen molar-refractivity contribution < 1.29 is 17.9 Å². The Labute approximate surface area is 124 Å². The van der Waals surface area contributed by atoms with E-state index >= 15 is 0 Å². The van der Waals surface area contributed by atoms with Crippen molar-refractivity contribution in [2.75, 3.05) is 19.0 Å². The summed E-state index contributed by atoms with van der Waals surface area (Å²) in [5, 5.41) is 7.69. The Morgan fingerprint density at radius 1 is 1.43 bits per heavy atom. The number of amides is 1. The van der Waals surface area contributed by atoms with Gasteiger partial charge >= 0.3 is 0 Å². The molecular formula is C13H21N3O4S. The van der Waals surface area contributed by atoms with Crippen LogP contribution in [-0.4, -0.2) is 34.1 Å². The lowest BCUT2D eigenvalue weighted by Gasteiger charge is -2.14. The quantitative estimate of drug-likeness (QED) is 0.626. The fraction of sp³-hybridized carbons (Fsp3) is 0.462. The molecule has 1 rings (SSSR count). The monoisotopic (exact) mass is 315 g/mol. The van der Waals surface area contributed by atoms with Crippen LogP contribution < -0.4 is 16.2 Å². The van der Waals surface area contributed by atoms with E-state index in [1.807, 2.05) is 0 Å². The Morgan fingerprint density at radius 3 is 2.67 bits per heavy atom. The Bertz CT molecular complexity index is 601. The maximum absolute atomic E-state index is 12.0. The summed E-state index contributed by atoms with van der Waals surface area (Å²) in [6.45, 7) is 2.28. The van der Waals surface area contributed by atoms with Gasteiger partial charge < -0.3 is 15.8 Å². The van der Waals surface area contributed by atoms with E-state index in [9.17, 15) is 13.2 Å². The SMILES string of the molecule is COCCCC(N)C(=O)Nc1cc(S(N)(=O)=O)ccc1C. The van der Waals surface area contributed by atoms with Crippen molar-refractivity contribution in [1.29, 1.82) is 0 Å². The smallest absolute Gasteiger partial charge is 0.241 e. The third-order valence-corrected chi connectivity index (χ3v) is 3.91. The van der Waals surface area contributed by atoms with Crippen molar-refractivity contribution in [3.63, 3.8) is 0 Å². The van der Waals surface area contributed by atoms with Crippen molar-refractivity contribution in [1.82, 2.24) is 0 Å². The molecule has 1 aromatic carbocycles. The zero-order valence-electron chi connectivity index (χ0n) is 12.1. The molecule has 0 bridgehead atoms. The molecule has 118 valence electrons. The van der Waals surface area contributed by atoms with Gasteiger partial charge in [0.25, 0.3) is 0 Å². The normalized spacial score (nSPS) is 13.0. The molecular weight excluding hydrogens is 294 g/mol. The first kappa shape index (κ1) is 17.6. The number of carbonyl (C=O) groups excluding carboxylic acids is 1. The number of benzene rings is 1. The van der Waals surface area contributed by atoms with Crippen LogP contribution in [0.2, 0.25) is 0 Å². The van der Waals surface area contributed by atoms with Crippen molar-refractivity contribution in [2.24, 2.45) is 10.9 Å². The molecule has 0 aliphatic heterocycles. The van der Waals surface area contributed by atoms with Gasteiger partial charge in [-0.05, 0) is 37.5 Å². The molecule has 8 heteroatoms. The standard InChI is InChI=1S/C13H21N3O4S/c1-9-5-6-10(21(15,18)19)8-12(9)16-13(17)11(14)4-3-7-20-2/h5-6,8,11H,3-4,7,14H2,1-2H3,(H,16,17)(H2,15,18,19). The van der Waals surface area contributed by atoms with Gasteiger partial charge in [-0.3, -0.25) is 4.79 Å². The molecule has 0 aliphatic rings. The van der Waals surface area contributed by atoms with Crippen LogP contribution >= 0.6 is 0 Å². The molecule has 0 aliphatic carbocycles. The maximum Gasteiger partial charge on any atom is 0.241 e. The molecule has 0 heterocycles. The number of rotatable bonds is 7. The summed E-state index contributed by atoms with van der Waals surface area (Å²) >= 11 is 0. The predicted octanol–water partition coefficient (Wildman–Crippen LogP) is 0.335. The number of hydrogen-bond donors (Lipinski definition) is 3. The van der Waals surface area contributed by atoms with Crippen LogP contribution in [-0.2, 0) is 19.6 Å². The summed E-state index contributed by atoms with van der Waals surface area (Å²) in [6.07, 6.45) is 1.15. The minimum atomic E-state index is -3.81. The molecule has 0 fully saturated rings. The highest BCUT2D eigenvalue weighted by molar-refractivity contribution is 7.89. The number of anilines is 1. The molecule has 0 saturated heterocycles. The number of ether oxygens (including phenoxy) is 1. The number of nitrogens with one attached hydrogen (secondary N) is 1. The lowest BCUT2D eigenvalue weighted by atomic mass is 10.1. The molecule has 1 aromatic rings. The molecule has 0 saturated carbocycles. The summed E-state index contributed by atoms with van der Waals surface area (Å²) in [7, 11) is -2.24. The number of primary sulfonamides is 1. The second kappa shape index (κ2) is 7.51. The average Bonchev–Trinajstić information content (AvgIpc) is 2.40. The first-order chi connectivity index (χ1) is 9.75. The number of carbonyl (C=O) groups is 1. The molecule has 1 atom stereocenters. The van der Waals surface area contributed by atoms with Crippen LogP contribution in [0.15, 0.2) is 23.1 Å². The van der Waals surface area contributed by atoms with E-state index in [0.29, 0.717) is 25.1 Å². The molecule has 1 amide bonds. The van der Waals surface area contributed by atoms with E-state index in [1.54, 1.807) is 20.1 Å². The van der Waals surface area contributed by atoms with Gasteiger partial charge in [-0.15, -0.1) is 0 Å². The molecule has 0 aromatic heterocycles. The summed E-state index contributed by atoms with van der Waals surface area (Å²) in [6, 6.07) is 3.60. The van der Waals surface area contributed by atoms with Crippen LogP contribution in [0, 0.1) is 6.92 Å². The number of nitrogens with two attached hydrogens (primary N) is 2. The Balaban J connectivity index is 2.80. The van der Waals surface area contributed by atoms with E-state index in [0.717, 1.165) is 5.56 Å². The van der Waals surface area contributed by atoms with Gasteiger partial charge in [-0.1, -0.05) is 6.07 Å². The van der Waals surface area contributed by atoms with Gasteiger partial charge in [0, 0.05) is 19.4 Å². The van der Waals surface area contributed by atoms with Gasteiger partial charge in [0.2, 0.25) is 15.9 Å². The molecule has 5 N–H and O–H groups in total. The molecule has 21 heavy (non-hydrogen) atoms. The lowest BCUT2D eigenvalue weighted by molar-refractivity contribution is -0.117. The van der Waals surface area contributed by atoms with Gasteiger partial charge in [-0.25, -0.2) is 13.6 Å². The van der Waals surface area contributed by atoms with Gasteiger partial charge in [0.15, 0.2) is 0 Å². The van der Waals surface area contributed by atoms with Crippen molar-refractivity contribution in [2.45, 2.75) is 30.7 Å². The molecule has 0 radical (unpaired) electrons. The topological polar surface area (TPSA) is 125 Å². The average molecular weight is 315 g/mol. The number of sulfonamides is 1. The largest absolute Gasteiger partial charge is 0.385 e. The summed E-state index contributed by atoms with van der Waals surface area (Å²) in [5.41, 5.74) is 6.87. The highest BCUT2D eigenvalue weighted by Gasteiger charge is 2.16. The summed E-state index contributed by atoms with van der Waals surface area (Å²) < 4.78 is 27.5. The summed E-state index contributed by atoms with van der Waals surface area (Å²) in [5.74, 6) is -0.374. The van der Waals surface area contributed by atoms with Gasteiger partial charge in [0.05, 0.1) is 10.9 Å². The van der Waals surface area contributed by atoms with Crippen LogP contribution in [0.1, 0.15) is 18.4 Å². The van der Waals surface area contributed by atoms with Crippen LogP contribution in [0.4, 0.5) is 5.69 Å². The number of hydrogen-bond acceptors (Lipinski definition) is 5. The minimum Gasteiger partial charge on any atom is -0.385 e. The molecule has 1 unspecified atom stereocenters. The van der Waals surface area contributed by atoms with E-state index in [2.05, 4.69) is 5.32 Å². The van der Waals surface area contributed by atoms with Gasteiger partial charge in [0.1, 0.15) is 0 Å². The number of aryl methyl sites for hydroxylation is 1. The van der Waals surface area contributed by atoms with Crippen LogP contribution in [0.5, 0.6) is 0 Å². The fourth-order valence-electron chi connectivity index (χ4n) is 1.72. The number of methoxy groups -OCH3 is 1. The van der Waals surface area contributed by atoms with Crippen LogP contribution in [0.25, 0.3) is 0 Å². The van der Waals surface area contributed by atoms with Gasteiger partial charge in [-0.2, -0.15) is 0 Å². The zero-order valence-corrected chi connectivity index (χ0v) is 12.9. The van der Waals surface area contributed by atoms with E-state index < -0.39 is 16.1 Å². The lowest BCUT2D eigenvalue weighted by Crippen LogP contribution is -2.36.